The van der Waals surface area contributed by atoms with E-state index >= 15 is 0 Å². The van der Waals surface area contributed by atoms with Gasteiger partial charge in [-0.25, -0.2) is 4.98 Å². The molecule has 2 aliphatic rings. The van der Waals surface area contributed by atoms with Gasteiger partial charge in [-0.1, -0.05) is 24.6 Å². The quantitative estimate of drug-likeness (QED) is 0.667. The van der Waals surface area contributed by atoms with Gasteiger partial charge in [0.25, 0.3) is 5.91 Å². The van der Waals surface area contributed by atoms with E-state index in [0.29, 0.717) is 38.4 Å². The van der Waals surface area contributed by atoms with Gasteiger partial charge in [-0.2, -0.15) is 0 Å². The predicted octanol–water partition coefficient (Wildman–Crippen LogP) is 3.37. The SMILES string of the molecule is COCCC(=O)N1CCC2(CCCCc3ccccc3OCCN(C(=O)c3cnccn3)C2)CC1. The maximum atomic E-state index is 13.5. The van der Waals surface area contributed by atoms with Gasteiger partial charge in [0, 0.05) is 39.1 Å². The lowest BCUT2D eigenvalue weighted by atomic mass is 9.73. The largest absolute Gasteiger partial charge is 0.491 e. The lowest BCUT2D eigenvalue weighted by molar-refractivity contribution is -0.134. The van der Waals surface area contributed by atoms with Gasteiger partial charge in [0.1, 0.15) is 18.1 Å². The van der Waals surface area contributed by atoms with Gasteiger partial charge < -0.3 is 19.3 Å². The Bertz CT molecular complexity index is 976. The third-order valence-corrected chi connectivity index (χ3v) is 7.29. The van der Waals surface area contributed by atoms with E-state index in [4.69, 9.17) is 9.47 Å². The molecule has 3 heterocycles. The zero-order valence-corrected chi connectivity index (χ0v) is 20.7. The van der Waals surface area contributed by atoms with Gasteiger partial charge >= 0.3 is 0 Å². The molecule has 1 fully saturated rings. The molecule has 2 aliphatic heterocycles. The Morgan fingerprint density at radius 1 is 1.06 bits per heavy atom. The maximum absolute atomic E-state index is 13.5. The summed E-state index contributed by atoms with van der Waals surface area (Å²) in [5.74, 6) is 0.926. The first kappa shape index (κ1) is 25.1. The van der Waals surface area contributed by atoms with Crippen molar-refractivity contribution in [1.29, 1.82) is 0 Å². The second-order valence-corrected chi connectivity index (χ2v) is 9.60. The fourth-order valence-electron chi connectivity index (χ4n) is 5.23. The van der Waals surface area contributed by atoms with E-state index in [1.165, 1.54) is 11.8 Å². The molecule has 2 aromatic rings. The summed E-state index contributed by atoms with van der Waals surface area (Å²) in [5.41, 5.74) is 1.53. The number of amides is 2. The number of likely N-dealkylation sites (tertiary alicyclic amines) is 1. The Labute approximate surface area is 207 Å². The number of hydrogen-bond donors (Lipinski definition) is 0. The molecular weight excluding hydrogens is 444 g/mol. The highest BCUT2D eigenvalue weighted by molar-refractivity contribution is 5.92. The van der Waals surface area contributed by atoms with E-state index < -0.39 is 0 Å². The Morgan fingerprint density at radius 3 is 2.66 bits per heavy atom. The van der Waals surface area contributed by atoms with Crippen LogP contribution in [0.15, 0.2) is 42.9 Å². The van der Waals surface area contributed by atoms with Crippen molar-refractivity contribution < 1.29 is 19.1 Å². The van der Waals surface area contributed by atoms with Crippen molar-refractivity contribution in [3.8, 4) is 5.75 Å². The fraction of sp³-hybridized carbons (Fsp3) is 0.556. The Balaban J connectivity index is 1.53. The van der Waals surface area contributed by atoms with Crippen LogP contribution >= 0.6 is 0 Å². The number of ether oxygens (including phenoxy) is 2. The monoisotopic (exact) mass is 480 g/mol. The smallest absolute Gasteiger partial charge is 0.274 e. The van der Waals surface area contributed by atoms with Crippen molar-refractivity contribution in [1.82, 2.24) is 19.8 Å². The van der Waals surface area contributed by atoms with Crippen LogP contribution in [0, 0.1) is 5.41 Å². The van der Waals surface area contributed by atoms with Crippen molar-refractivity contribution in [3.63, 3.8) is 0 Å². The molecule has 0 saturated carbocycles. The number of carbonyl (C=O) groups is 2. The summed E-state index contributed by atoms with van der Waals surface area (Å²) in [6, 6.07) is 8.18. The number of para-hydroxylation sites is 1. The third-order valence-electron chi connectivity index (χ3n) is 7.29. The number of hydrogen-bond acceptors (Lipinski definition) is 6. The zero-order chi connectivity index (χ0) is 24.5. The number of benzene rings is 1. The van der Waals surface area contributed by atoms with Crippen LogP contribution in [-0.2, 0) is 16.0 Å². The van der Waals surface area contributed by atoms with Gasteiger partial charge in [-0.3, -0.25) is 14.6 Å². The topological polar surface area (TPSA) is 84.9 Å². The lowest BCUT2D eigenvalue weighted by Crippen LogP contribution is -2.50. The number of fused-ring (bicyclic) bond motifs is 1. The Kier molecular flexibility index (Phi) is 8.69. The molecule has 0 aliphatic carbocycles. The van der Waals surface area contributed by atoms with E-state index in [1.807, 2.05) is 21.9 Å². The summed E-state index contributed by atoms with van der Waals surface area (Å²) in [5, 5.41) is 0. The van der Waals surface area contributed by atoms with Crippen LogP contribution in [0.5, 0.6) is 5.75 Å². The van der Waals surface area contributed by atoms with Crippen molar-refractivity contribution in [2.45, 2.75) is 44.9 Å². The molecule has 1 saturated heterocycles. The molecule has 0 atom stereocenters. The van der Waals surface area contributed by atoms with Crippen LogP contribution < -0.4 is 4.74 Å². The van der Waals surface area contributed by atoms with E-state index in [9.17, 15) is 9.59 Å². The molecule has 8 heteroatoms. The van der Waals surface area contributed by atoms with E-state index in [0.717, 1.165) is 57.4 Å². The van der Waals surface area contributed by atoms with E-state index in [1.54, 1.807) is 19.5 Å². The molecular formula is C27H36N4O4. The molecule has 0 bridgehead atoms. The van der Waals surface area contributed by atoms with Crippen molar-refractivity contribution in [3.05, 3.63) is 54.1 Å². The highest BCUT2D eigenvalue weighted by atomic mass is 16.5. The molecule has 4 rings (SSSR count). The van der Waals surface area contributed by atoms with Crippen molar-refractivity contribution in [2.75, 3.05) is 46.5 Å². The summed E-state index contributed by atoms with van der Waals surface area (Å²) in [6.07, 6.45) is 11.0. The first-order chi connectivity index (χ1) is 17.1. The molecule has 1 spiro atoms. The summed E-state index contributed by atoms with van der Waals surface area (Å²) in [4.78, 5) is 38.2. The average Bonchev–Trinajstić information content (AvgIpc) is 2.90. The van der Waals surface area contributed by atoms with Crippen molar-refractivity contribution >= 4 is 11.8 Å². The normalized spacial score (nSPS) is 18.7. The minimum Gasteiger partial charge on any atom is -0.491 e. The second-order valence-electron chi connectivity index (χ2n) is 9.60. The molecule has 0 radical (unpaired) electrons. The van der Waals surface area contributed by atoms with E-state index in [2.05, 4.69) is 22.1 Å². The molecule has 8 nitrogen and oxygen atoms in total. The number of aromatic nitrogens is 2. The van der Waals surface area contributed by atoms with Crippen LogP contribution in [0.3, 0.4) is 0 Å². The molecule has 0 N–H and O–H groups in total. The van der Waals surface area contributed by atoms with Crippen LogP contribution in [-0.4, -0.2) is 78.1 Å². The summed E-state index contributed by atoms with van der Waals surface area (Å²) in [6.45, 7) is 3.41. The predicted molar refractivity (Wildman–Crippen MR) is 132 cm³/mol. The highest BCUT2D eigenvalue weighted by Gasteiger charge is 2.38. The first-order valence-corrected chi connectivity index (χ1v) is 12.6. The van der Waals surface area contributed by atoms with Gasteiger partial charge in [-0.15, -0.1) is 0 Å². The number of carbonyl (C=O) groups excluding carboxylic acids is 2. The standard InChI is InChI=1S/C27H36N4O4/c1-34-18-9-25(32)30-15-11-27(12-16-30)10-5-4-7-22-6-2-3-8-24(22)35-19-17-31(21-27)26(33)23-20-28-13-14-29-23/h2-3,6,8,13-14,20H,4-5,7,9-12,15-19,21H2,1H3. The summed E-state index contributed by atoms with van der Waals surface area (Å²) >= 11 is 0. The number of methoxy groups -OCH3 is 1. The van der Waals surface area contributed by atoms with Crippen LogP contribution in [0.4, 0.5) is 0 Å². The Hall–Kier alpha value is -3.00. The maximum Gasteiger partial charge on any atom is 0.274 e. The van der Waals surface area contributed by atoms with Gasteiger partial charge in [0.05, 0.1) is 25.8 Å². The molecule has 2 amide bonds. The van der Waals surface area contributed by atoms with Crippen LogP contribution in [0.25, 0.3) is 0 Å². The number of nitrogens with zero attached hydrogens (tertiary/aromatic N) is 4. The average molecular weight is 481 g/mol. The molecule has 1 aromatic heterocycles. The molecule has 35 heavy (non-hydrogen) atoms. The van der Waals surface area contributed by atoms with Gasteiger partial charge in [-0.05, 0) is 49.1 Å². The fourth-order valence-corrected chi connectivity index (χ4v) is 5.23. The van der Waals surface area contributed by atoms with Crippen molar-refractivity contribution in [2.24, 2.45) is 5.41 Å². The Morgan fingerprint density at radius 2 is 1.89 bits per heavy atom. The number of aryl methyl sites for hydroxylation is 1. The molecule has 1 aromatic carbocycles. The van der Waals surface area contributed by atoms with Crippen LogP contribution in [0.2, 0.25) is 0 Å². The van der Waals surface area contributed by atoms with Crippen LogP contribution in [0.1, 0.15) is 54.6 Å². The number of piperidine rings is 1. The van der Waals surface area contributed by atoms with Gasteiger partial charge in [0.2, 0.25) is 5.91 Å². The minimum absolute atomic E-state index is 0.0331. The first-order valence-electron chi connectivity index (χ1n) is 12.6. The zero-order valence-electron chi connectivity index (χ0n) is 20.7. The summed E-state index contributed by atoms with van der Waals surface area (Å²) < 4.78 is 11.2. The number of rotatable bonds is 4. The van der Waals surface area contributed by atoms with Gasteiger partial charge in [0.15, 0.2) is 0 Å². The van der Waals surface area contributed by atoms with E-state index in [-0.39, 0.29) is 17.2 Å². The molecule has 0 unspecified atom stereocenters. The minimum atomic E-state index is -0.120. The second kappa shape index (κ2) is 12.1. The third kappa shape index (κ3) is 6.57. The lowest BCUT2D eigenvalue weighted by Gasteiger charge is -2.45. The molecule has 188 valence electrons. The summed E-state index contributed by atoms with van der Waals surface area (Å²) in [7, 11) is 1.62. The highest BCUT2D eigenvalue weighted by Crippen LogP contribution is 2.38.